The van der Waals surface area contributed by atoms with Gasteiger partial charge < -0.3 is 14.7 Å². The topological polar surface area (TPSA) is 43.9 Å². The normalized spacial score (nSPS) is 17.8. The molecular formula is C23H27N3O2. The number of para-hydroxylation sites is 2. The monoisotopic (exact) mass is 377 g/mol. The highest BCUT2D eigenvalue weighted by atomic mass is 16.2. The van der Waals surface area contributed by atoms with Gasteiger partial charge in [0.1, 0.15) is 0 Å². The number of benzene rings is 2. The average molecular weight is 377 g/mol. The van der Waals surface area contributed by atoms with Crippen LogP contribution in [0.25, 0.3) is 0 Å². The van der Waals surface area contributed by atoms with E-state index in [1.54, 1.807) is 16.8 Å². The van der Waals surface area contributed by atoms with E-state index in [2.05, 4.69) is 4.90 Å². The summed E-state index contributed by atoms with van der Waals surface area (Å²) < 4.78 is 0. The van der Waals surface area contributed by atoms with Gasteiger partial charge in [-0.05, 0) is 63.2 Å². The van der Waals surface area contributed by atoms with Crippen molar-refractivity contribution in [3.8, 4) is 0 Å². The molecule has 5 nitrogen and oxygen atoms in total. The molecule has 2 aliphatic rings. The van der Waals surface area contributed by atoms with Crippen molar-refractivity contribution >= 4 is 23.2 Å². The van der Waals surface area contributed by atoms with Gasteiger partial charge in [0.2, 0.25) is 0 Å². The number of carbonyl (C=O) groups is 2. The summed E-state index contributed by atoms with van der Waals surface area (Å²) in [5.74, 6) is -0.127. The largest absolute Gasteiger partial charge is 0.311 e. The quantitative estimate of drug-likeness (QED) is 0.814. The van der Waals surface area contributed by atoms with Gasteiger partial charge in [0.25, 0.3) is 11.8 Å². The fraction of sp³-hybridized carbons (Fsp3) is 0.391. The third-order valence-corrected chi connectivity index (χ3v) is 5.78. The lowest BCUT2D eigenvalue weighted by atomic mass is 10.0. The molecule has 0 N–H and O–H groups in total. The van der Waals surface area contributed by atoms with Crippen LogP contribution in [0.3, 0.4) is 0 Å². The van der Waals surface area contributed by atoms with E-state index in [1.807, 2.05) is 48.5 Å². The maximum absolute atomic E-state index is 13.5. The molecule has 28 heavy (non-hydrogen) atoms. The summed E-state index contributed by atoms with van der Waals surface area (Å²) in [4.78, 5) is 32.4. The van der Waals surface area contributed by atoms with E-state index in [9.17, 15) is 9.59 Å². The molecule has 146 valence electrons. The summed E-state index contributed by atoms with van der Waals surface area (Å²) >= 11 is 0. The third-order valence-electron chi connectivity index (χ3n) is 5.78. The molecule has 0 aromatic heterocycles. The Morgan fingerprint density at radius 3 is 2.07 bits per heavy atom. The minimum Gasteiger partial charge on any atom is -0.311 e. The second kappa shape index (κ2) is 8.15. The number of piperidine rings is 1. The predicted molar refractivity (Wildman–Crippen MR) is 112 cm³/mol. The molecule has 0 radical (unpaired) electrons. The van der Waals surface area contributed by atoms with Crippen molar-refractivity contribution in [1.29, 1.82) is 0 Å². The van der Waals surface area contributed by atoms with E-state index in [0.717, 1.165) is 26.1 Å². The Balaban J connectivity index is 1.65. The maximum atomic E-state index is 13.5. The number of amides is 2. The zero-order valence-electron chi connectivity index (χ0n) is 16.4. The lowest BCUT2D eigenvalue weighted by molar-refractivity contribution is 0.0976. The molecule has 2 heterocycles. The Morgan fingerprint density at radius 1 is 0.750 bits per heavy atom. The molecule has 0 atom stereocenters. The van der Waals surface area contributed by atoms with Crippen LogP contribution in [0.4, 0.5) is 11.4 Å². The van der Waals surface area contributed by atoms with Crippen LogP contribution in [0.2, 0.25) is 0 Å². The maximum Gasteiger partial charge on any atom is 0.260 e. The zero-order valence-corrected chi connectivity index (χ0v) is 16.4. The van der Waals surface area contributed by atoms with Gasteiger partial charge >= 0.3 is 0 Å². The van der Waals surface area contributed by atoms with Crippen LogP contribution in [-0.2, 0) is 0 Å². The zero-order chi connectivity index (χ0) is 19.5. The highest BCUT2D eigenvalue weighted by Crippen LogP contribution is 2.31. The van der Waals surface area contributed by atoms with E-state index < -0.39 is 0 Å². The molecule has 0 aliphatic carbocycles. The van der Waals surface area contributed by atoms with Crippen LogP contribution in [0.15, 0.2) is 48.5 Å². The third kappa shape index (κ3) is 3.54. The second-order valence-electron chi connectivity index (χ2n) is 7.61. The van der Waals surface area contributed by atoms with Gasteiger partial charge in [0, 0.05) is 13.6 Å². The molecule has 5 heteroatoms. The van der Waals surface area contributed by atoms with Crippen molar-refractivity contribution in [2.24, 2.45) is 0 Å². The molecule has 0 unspecified atom stereocenters. The molecule has 1 fully saturated rings. The predicted octanol–water partition coefficient (Wildman–Crippen LogP) is 3.80. The number of fused-ring (bicyclic) bond motifs is 2. The lowest BCUT2D eigenvalue weighted by Gasteiger charge is -2.32. The summed E-state index contributed by atoms with van der Waals surface area (Å²) in [6.45, 7) is 3.90. The van der Waals surface area contributed by atoms with Crippen molar-refractivity contribution in [3.05, 3.63) is 59.7 Å². The molecule has 0 saturated carbocycles. The highest BCUT2D eigenvalue weighted by Gasteiger charge is 2.30. The summed E-state index contributed by atoms with van der Waals surface area (Å²) in [7, 11) is 1.73. The van der Waals surface area contributed by atoms with Crippen molar-refractivity contribution in [1.82, 2.24) is 4.90 Å². The molecule has 0 bridgehead atoms. The van der Waals surface area contributed by atoms with Crippen molar-refractivity contribution in [2.45, 2.75) is 25.7 Å². The van der Waals surface area contributed by atoms with E-state index >= 15 is 0 Å². The molecule has 2 aromatic carbocycles. The number of carbonyl (C=O) groups excluding carboxylic acids is 2. The van der Waals surface area contributed by atoms with Crippen LogP contribution in [-0.4, -0.2) is 49.9 Å². The van der Waals surface area contributed by atoms with Crippen LogP contribution < -0.4 is 9.80 Å². The van der Waals surface area contributed by atoms with Crippen molar-refractivity contribution < 1.29 is 9.59 Å². The number of nitrogens with zero attached hydrogens (tertiary/aromatic N) is 3. The Labute approximate surface area is 166 Å². The highest BCUT2D eigenvalue weighted by molar-refractivity contribution is 6.20. The molecule has 4 rings (SSSR count). The summed E-state index contributed by atoms with van der Waals surface area (Å²) in [6.07, 6.45) is 4.74. The standard InChI is InChI=1S/C23H27N3O2/c1-24-20-12-5-3-10-18(20)23(28)26(17-9-16-25-14-7-2-8-15-25)21-13-6-4-11-19(21)22(24)27/h3-6,10-13H,2,7-9,14-17H2,1H3. The second-order valence-corrected chi connectivity index (χ2v) is 7.61. The fourth-order valence-electron chi connectivity index (χ4n) is 4.24. The van der Waals surface area contributed by atoms with Gasteiger partial charge in [-0.2, -0.15) is 0 Å². The van der Waals surface area contributed by atoms with Crippen LogP contribution in [0.5, 0.6) is 0 Å². The number of anilines is 2. The Hall–Kier alpha value is -2.66. The van der Waals surface area contributed by atoms with E-state index in [4.69, 9.17) is 0 Å². The van der Waals surface area contributed by atoms with Gasteiger partial charge in [0.15, 0.2) is 0 Å². The van der Waals surface area contributed by atoms with Gasteiger partial charge in [-0.1, -0.05) is 30.7 Å². The first-order valence-corrected chi connectivity index (χ1v) is 10.2. The summed E-state index contributed by atoms with van der Waals surface area (Å²) in [5, 5.41) is 0. The summed E-state index contributed by atoms with van der Waals surface area (Å²) in [6, 6.07) is 14.8. The lowest BCUT2D eigenvalue weighted by Crippen LogP contribution is -2.40. The van der Waals surface area contributed by atoms with E-state index in [0.29, 0.717) is 29.0 Å². The SMILES string of the molecule is CN1C(=O)c2ccccc2N(CCCN2CCCCC2)C(=O)c2ccccc21. The molecule has 2 aliphatic heterocycles. The first-order chi connectivity index (χ1) is 13.7. The molecule has 2 aromatic rings. The summed E-state index contributed by atoms with van der Waals surface area (Å²) in [5.41, 5.74) is 2.52. The number of rotatable bonds is 4. The minimum atomic E-state index is -0.0865. The van der Waals surface area contributed by atoms with Gasteiger partial charge in [-0.3, -0.25) is 9.59 Å². The number of hydrogen-bond donors (Lipinski definition) is 0. The van der Waals surface area contributed by atoms with Crippen LogP contribution in [0, 0.1) is 0 Å². The van der Waals surface area contributed by atoms with E-state index in [1.165, 1.54) is 19.3 Å². The van der Waals surface area contributed by atoms with E-state index in [-0.39, 0.29) is 11.8 Å². The molecule has 2 amide bonds. The smallest absolute Gasteiger partial charge is 0.260 e. The Morgan fingerprint density at radius 2 is 1.36 bits per heavy atom. The Bertz CT molecular complexity index is 874. The van der Waals surface area contributed by atoms with Crippen molar-refractivity contribution in [3.63, 3.8) is 0 Å². The molecule has 0 spiro atoms. The molecule has 1 saturated heterocycles. The van der Waals surface area contributed by atoms with Crippen LogP contribution >= 0.6 is 0 Å². The van der Waals surface area contributed by atoms with Gasteiger partial charge in [-0.25, -0.2) is 0 Å². The number of hydrogen-bond acceptors (Lipinski definition) is 3. The van der Waals surface area contributed by atoms with Crippen LogP contribution in [0.1, 0.15) is 46.4 Å². The number of likely N-dealkylation sites (tertiary alicyclic amines) is 1. The van der Waals surface area contributed by atoms with Crippen molar-refractivity contribution in [2.75, 3.05) is 43.0 Å². The minimum absolute atomic E-state index is 0.0407. The average Bonchev–Trinajstić information content (AvgIpc) is 2.75. The van der Waals surface area contributed by atoms with Gasteiger partial charge in [0.05, 0.1) is 22.5 Å². The molecular weight excluding hydrogens is 350 g/mol. The fourth-order valence-corrected chi connectivity index (χ4v) is 4.24. The van der Waals surface area contributed by atoms with Gasteiger partial charge in [-0.15, -0.1) is 0 Å². The first kappa shape index (κ1) is 18.7. The Kier molecular flexibility index (Phi) is 5.44. The first-order valence-electron chi connectivity index (χ1n) is 10.2.